The Bertz CT molecular complexity index is 775. The Labute approximate surface area is 138 Å². The van der Waals surface area contributed by atoms with Gasteiger partial charge in [-0.2, -0.15) is 5.10 Å². The molecule has 1 saturated heterocycles. The summed E-state index contributed by atoms with van der Waals surface area (Å²) in [6.45, 7) is 4.28. The van der Waals surface area contributed by atoms with Gasteiger partial charge in [0.1, 0.15) is 17.7 Å². The van der Waals surface area contributed by atoms with Crippen molar-refractivity contribution in [1.82, 2.24) is 25.0 Å². The number of hydrogen-bond acceptors (Lipinski definition) is 4. The monoisotopic (exact) mass is 333 g/mol. The number of carbonyl (C=O) groups is 2. The minimum atomic E-state index is -1.14. The third kappa shape index (κ3) is 2.57. The zero-order chi connectivity index (χ0) is 16.6. The molecule has 0 saturated carbocycles. The van der Waals surface area contributed by atoms with Crippen LogP contribution in [0.3, 0.4) is 0 Å². The van der Waals surface area contributed by atoms with Crippen molar-refractivity contribution in [2.75, 3.05) is 0 Å². The summed E-state index contributed by atoms with van der Waals surface area (Å²) < 4.78 is 1.65. The number of hydrogen-bond donors (Lipinski definition) is 1. The van der Waals surface area contributed by atoms with Gasteiger partial charge in [0.25, 0.3) is 5.91 Å². The number of imide groups is 1. The molecule has 0 radical (unpaired) electrons. The van der Waals surface area contributed by atoms with Gasteiger partial charge in [-0.05, 0) is 31.5 Å². The lowest BCUT2D eigenvalue weighted by Crippen LogP contribution is -2.40. The number of halogens is 1. The van der Waals surface area contributed by atoms with Gasteiger partial charge in [-0.25, -0.2) is 14.5 Å². The lowest BCUT2D eigenvalue weighted by Gasteiger charge is -2.22. The Morgan fingerprint density at radius 2 is 2.13 bits per heavy atom. The summed E-state index contributed by atoms with van der Waals surface area (Å²) in [6.07, 6.45) is 1.41. The van der Waals surface area contributed by atoms with E-state index in [-0.39, 0.29) is 12.5 Å². The number of urea groups is 1. The van der Waals surface area contributed by atoms with Crippen molar-refractivity contribution >= 4 is 23.5 Å². The number of carbonyl (C=O) groups excluding carboxylic acids is 2. The number of amides is 3. The highest BCUT2D eigenvalue weighted by atomic mass is 35.5. The number of nitrogens with zero attached hydrogens (tertiary/aromatic N) is 4. The fraction of sp³-hybridized carbons (Fsp3) is 0.333. The van der Waals surface area contributed by atoms with E-state index < -0.39 is 11.6 Å². The second-order valence-electron chi connectivity index (χ2n) is 5.45. The normalized spacial score (nSPS) is 20.9. The number of aromatic nitrogens is 3. The topological polar surface area (TPSA) is 80.1 Å². The molecule has 3 rings (SSSR count). The zero-order valence-corrected chi connectivity index (χ0v) is 13.5. The Balaban J connectivity index is 1.91. The van der Waals surface area contributed by atoms with Gasteiger partial charge in [0, 0.05) is 11.6 Å². The Morgan fingerprint density at radius 1 is 1.35 bits per heavy atom. The van der Waals surface area contributed by atoms with Crippen molar-refractivity contribution in [1.29, 1.82) is 0 Å². The Hall–Kier alpha value is -2.41. The summed E-state index contributed by atoms with van der Waals surface area (Å²) in [6, 6.07) is 6.46. The van der Waals surface area contributed by atoms with Gasteiger partial charge in [-0.15, -0.1) is 0 Å². The van der Waals surface area contributed by atoms with Crippen LogP contribution in [0.15, 0.2) is 30.6 Å². The highest BCUT2D eigenvalue weighted by Crippen LogP contribution is 2.30. The molecule has 8 heteroatoms. The first kappa shape index (κ1) is 15.5. The fourth-order valence-corrected chi connectivity index (χ4v) is 2.84. The molecule has 2 aromatic rings. The van der Waals surface area contributed by atoms with Gasteiger partial charge >= 0.3 is 6.03 Å². The summed E-state index contributed by atoms with van der Waals surface area (Å²) in [5, 5.41) is 7.31. The molecule has 1 aromatic heterocycles. The predicted octanol–water partition coefficient (Wildman–Crippen LogP) is 1.92. The van der Waals surface area contributed by atoms with Crippen molar-refractivity contribution in [2.45, 2.75) is 32.5 Å². The quantitative estimate of drug-likeness (QED) is 0.867. The molecule has 23 heavy (non-hydrogen) atoms. The van der Waals surface area contributed by atoms with Crippen LogP contribution in [-0.4, -0.2) is 31.6 Å². The van der Waals surface area contributed by atoms with Crippen molar-refractivity contribution in [2.24, 2.45) is 0 Å². The zero-order valence-electron chi connectivity index (χ0n) is 12.8. The van der Waals surface area contributed by atoms with E-state index >= 15 is 0 Å². The maximum atomic E-state index is 12.8. The number of nitrogens with one attached hydrogen (secondary N) is 1. The van der Waals surface area contributed by atoms with Crippen LogP contribution in [0.2, 0.25) is 5.02 Å². The summed E-state index contributed by atoms with van der Waals surface area (Å²) in [7, 11) is 0. The Kier molecular flexibility index (Phi) is 3.81. The van der Waals surface area contributed by atoms with Crippen LogP contribution in [-0.2, 0) is 23.4 Å². The molecule has 0 aliphatic carbocycles. The Morgan fingerprint density at radius 3 is 2.83 bits per heavy atom. The van der Waals surface area contributed by atoms with Crippen LogP contribution in [0.5, 0.6) is 0 Å². The first-order chi connectivity index (χ1) is 11.0. The SMILES string of the molecule is CCn1ncnc1CN1C(=O)NC(C)(c2cccc(Cl)c2)C1=O. The van der Waals surface area contributed by atoms with Crippen LogP contribution in [0.25, 0.3) is 0 Å². The molecule has 1 aromatic carbocycles. The van der Waals surface area contributed by atoms with E-state index in [1.807, 2.05) is 6.92 Å². The van der Waals surface area contributed by atoms with Gasteiger partial charge < -0.3 is 5.32 Å². The molecule has 1 fully saturated rings. The highest BCUT2D eigenvalue weighted by Gasteiger charge is 2.49. The van der Waals surface area contributed by atoms with Crippen molar-refractivity contribution in [3.05, 3.63) is 47.0 Å². The maximum absolute atomic E-state index is 12.8. The molecular weight excluding hydrogens is 318 g/mol. The van der Waals surface area contributed by atoms with E-state index in [0.717, 1.165) is 4.90 Å². The lowest BCUT2D eigenvalue weighted by atomic mass is 9.92. The first-order valence-electron chi connectivity index (χ1n) is 7.22. The van der Waals surface area contributed by atoms with Crippen molar-refractivity contribution < 1.29 is 9.59 Å². The standard InChI is InChI=1S/C15H16ClN5O2/c1-3-21-12(17-9-18-21)8-20-13(22)15(2,19-14(20)23)10-5-4-6-11(16)7-10/h4-7,9H,3,8H2,1-2H3,(H,19,23). The van der Waals surface area contributed by atoms with Crippen LogP contribution < -0.4 is 5.32 Å². The third-order valence-electron chi connectivity index (χ3n) is 3.97. The molecule has 1 aliphatic heterocycles. The number of benzene rings is 1. The van der Waals surface area contributed by atoms with E-state index in [4.69, 9.17) is 11.6 Å². The van der Waals surface area contributed by atoms with E-state index in [1.54, 1.807) is 35.9 Å². The summed E-state index contributed by atoms with van der Waals surface area (Å²) >= 11 is 6.00. The average Bonchev–Trinajstić information content (AvgIpc) is 3.06. The first-order valence-corrected chi connectivity index (χ1v) is 7.60. The van der Waals surface area contributed by atoms with Crippen LogP contribution in [0.4, 0.5) is 4.79 Å². The molecule has 1 N–H and O–H groups in total. The smallest absolute Gasteiger partial charge is 0.319 e. The second kappa shape index (κ2) is 5.66. The minimum Gasteiger partial charge on any atom is -0.319 e. The van der Waals surface area contributed by atoms with E-state index in [2.05, 4.69) is 15.4 Å². The van der Waals surface area contributed by atoms with Crippen molar-refractivity contribution in [3.63, 3.8) is 0 Å². The van der Waals surface area contributed by atoms with Gasteiger partial charge in [-0.1, -0.05) is 23.7 Å². The molecule has 0 bridgehead atoms. The van der Waals surface area contributed by atoms with E-state index in [1.165, 1.54) is 6.33 Å². The van der Waals surface area contributed by atoms with Gasteiger partial charge in [-0.3, -0.25) is 9.69 Å². The molecule has 1 atom stereocenters. The predicted molar refractivity (Wildman–Crippen MR) is 83.6 cm³/mol. The fourth-order valence-electron chi connectivity index (χ4n) is 2.65. The molecule has 3 amide bonds. The molecular formula is C15H16ClN5O2. The summed E-state index contributed by atoms with van der Waals surface area (Å²) in [5.41, 5.74) is -0.498. The summed E-state index contributed by atoms with van der Waals surface area (Å²) in [5.74, 6) is 0.224. The van der Waals surface area contributed by atoms with Crippen molar-refractivity contribution in [3.8, 4) is 0 Å². The maximum Gasteiger partial charge on any atom is 0.325 e. The average molecular weight is 334 g/mol. The van der Waals surface area contributed by atoms with Gasteiger partial charge in [0.2, 0.25) is 0 Å². The molecule has 2 heterocycles. The van der Waals surface area contributed by atoms with Crippen LogP contribution in [0, 0.1) is 0 Å². The molecule has 0 spiro atoms. The molecule has 1 aliphatic rings. The number of rotatable bonds is 4. The van der Waals surface area contributed by atoms with Crippen LogP contribution in [0.1, 0.15) is 25.2 Å². The molecule has 7 nitrogen and oxygen atoms in total. The highest BCUT2D eigenvalue weighted by molar-refractivity contribution is 6.30. The minimum absolute atomic E-state index is 0.0780. The third-order valence-corrected chi connectivity index (χ3v) is 4.21. The van der Waals surface area contributed by atoms with Gasteiger partial charge in [0.15, 0.2) is 0 Å². The van der Waals surface area contributed by atoms with Gasteiger partial charge in [0.05, 0.1) is 6.54 Å². The number of aryl methyl sites for hydroxylation is 1. The summed E-state index contributed by atoms with van der Waals surface area (Å²) in [4.78, 5) is 30.4. The molecule has 120 valence electrons. The second-order valence-corrected chi connectivity index (χ2v) is 5.89. The van der Waals surface area contributed by atoms with E-state index in [9.17, 15) is 9.59 Å². The van der Waals surface area contributed by atoms with Crippen LogP contribution >= 0.6 is 11.6 Å². The molecule has 1 unspecified atom stereocenters. The lowest BCUT2D eigenvalue weighted by molar-refractivity contribution is -0.131. The largest absolute Gasteiger partial charge is 0.325 e. The van der Waals surface area contributed by atoms with E-state index in [0.29, 0.717) is 23.0 Å².